The molecule has 1 aromatic rings. The lowest BCUT2D eigenvalue weighted by Gasteiger charge is -2.10. The van der Waals surface area contributed by atoms with E-state index in [1.165, 1.54) is 0 Å². The van der Waals surface area contributed by atoms with Crippen molar-refractivity contribution in [3.63, 3.8) is 0 Å². The van der Waals surface area contributed by atoms with Crippen LogP contribution in [0.5, 0.6) is 0 Å². The molecule has 0 aliphatic carbocycles. The molecule has 1 aromatic heterocycles. The lowest BCUT2D eigenvalue weighted by Crippen LogP contribution is -2.30. The van der Waals surface area contributed by atoms with Crippen LogP contribution in [-0.4, -0.2) is 36.3 Å². The fourth-order valence-electron chi connectivity index (χ4n) is 1.06. The highest BCUT2D eigenvalue weighted by Crippen LogP contribution is 1.88. The first-order valence-electron chi connectivity index (χ1n) is 4.81. The fraction of sp³-hybridized carbons (Fsp3) is 0.500. The van der Waals surface area contributed by atoms with Crippen LogP contribution in [0.25, 0.3) is 0 Å². The van der Waals surface area contributed by atoms with Crippen molar-refractivity contribution >= 4 is 0 Å². The third-order valence-electron chi connectivity index (χ3n) is 1.74. The van der Waals surface area contributed by atoms with Crippen LogP contribution >= 0.6 is 0 Å². The molecule has 4 heteroatoms. The van der Waals surface area contributed by atoms with Crippen LogP contribution in [0, 0.1) is 0 Å². The molecule has 0 radical (unpaired) electrons. The molecule has 0 bridgehead atoms. The first-order chi connectivity index (χ1) is 6.93. The minimum atomic E-state index is 0.826. The van der Waals surface area contributed by atoms with E-state index in [1.54, 1.807) is 12.4 Å². The second-order valence-electron chi connectivity index (χ2n) is 2.89. The molecule has 1 saturated heterocycles. The van der Waals surface area contributed by atoms with Crippen molar-refractivity contribution in [1.29, 1.82) is 0 Å². The molecule has 2 rings (SSSR count). The Morgan fingerprint density at radius 3 is 2.64 bits per heavy atom. The number of hydrogen-bond donors (Lipinski definition) is 2. The second-order valence-corrected chi connectivity index (χ2v) is 2.89. The van der Waals surface area contributed by atoms with Crippen molar-refractivity contribution in [3.05, 3.63) is 30.9 Å². The van der Waals surface area contributed by atoms with Crippen LogP contribution in [0.1, 0.15) is 5.82 Å². The molecule has 2 heterocycles. The van der Waals surface area contributed by atoms with Crippen molar-refractivity contribution in [2.45, 2.75) is 6.42 Å². The van der Waals surface area contributed by atoms with Gasteiger partial charge in [0, 0.05) is 31.9 Å². The van der Waals surface area contributed by atoms with Crippen LogP contribution in [0.15, 0.2) is 25.0 Å². The molecule has 14 heavy (non-hydrogen) atoms. The Morgan fingerprint density at radius 1 is 1.50 bits per heavy atom. The number of nitrogens with one attached hydrogen (secondary N) is 2. The monoisotopic (exact) mass is 195 g/mol. The quantitative estimate of drug-likeness (QED) is 0.684. The van der Waals surface area contributed by atoms with Gasteiger partial charge in [-0.1, -0.05) is 6.08 Å². The first-order valence-corrected chi connectivity index (χ1v) is 4.81. The molecule has 1 aliphatic rings. The summed E-state index contributed by atoms with van der Waals surface area (Å²) in [5.41, 5.74) is 0. The van der Waals surface area contributed by atoms with E-state index in [4.69, 9.17) is 4.74 Å². The molecule has 1 aliphatic heterocycles. The predicted octanol–water partition coefficient (Wildman–Crippen LogP) is 0.744. The standard InChI is InChI=1S/C6H8N2.C4H9NO/c1-2-3-6-7-4-5-8-6;1-3-6-4-2-5-1/h2,4-5H,1,3H2,(H,7,8);5H,1-4H2. The van der Waals surface area contributed by atoms with Crippen LogP contribution in [0.4, 0.5) is 0 Å². The SMILES string of the molecule is C1COCCN1.C=CCc1ncc[nH]1. The molecule has 1 fully saturated rings. The van der Waals surface area contributed by atoms with Crippen LogP contribution in [-0.2, 0) is 11.2 Å². The largest absolute Gasteiger partial charge is 0.379 e. The number of H-pyrrole nitrogens is 1. The summed E-state index contributed by atoms with van der Waals surface area (Å²) in [7, 11) is 0. The maximum Gasteiger partial charge on any atom is 0.109 e. The van der Waals surface area contributed by atoms with Crippen molar-refractivity contribution in [1.82, 2.24) is 15.3 Å². The Morgan fingerprint density at radius 2 is 2.29 bits per heavy atom. The molecule has 0 spiro atoms. The summed E-state index contributed by atoms with van der Waals surface area (Å²) < 4.78 is 5.01. The summed E-state index contributed by atoms with van der Waals surface area (Å²) in [6, 6.07) is 0. The summed E-state index contributed by atoms with van der Waals surface area (Å²) >= 11 is 0. The van der Waals surface area contributed by atoms with Crippen LogP contribution in [0.2, 0.25) is 0 Å². The Kier molecular flexibility index (Phi) is 5.70. The van der Waals surface area contributed by atoms with Gasteiger partial charge < -0.3 is 15.0 Å². The summed E-state index contributed by atoms with van der Waals surface area (Å²) in [5, 5.41) is 3.16. The smallest absolute Gasteiger partial charge is 0.109 e. The number of allylic oxidation sites excluding steroid dienone is 1. The average Bonchev–Trinajstić information content (AvgIpc) is 2.75. The topological polar surface area (TPSA) is 49.9 Å². The van der Waals surface area contributed by atoms with Gasteiger partial charge in [0.2, 0.25) is 0 Å². The summed E-state index contributed by atoms with van der Waals surface area (Å²) in [5.74, 6) is 0.972. The van der Waals surface area contributed by atoms with Gasteiger partial charge >= 0.3 is 0 Å². The first kappa shape index (κ1) is 10.9. The van der Waals surface area contributed by atoms with Gasteiger partial charge in [-0.3, -0.25) is 0 Å². The molecule has 0 amide bonds. The van der Waals surface area contributed by atoms with Gasteiger partial charge in [0.05, 0.1) is 13.2 Å². The van der Waals surface area contributed by atoms with Gasteiger partial charge in [0.15, 0.2) is 0 Å². The van der Waals surface area contributed by atoms with Gasteiger partial charge in [-0.25, -0.2) is 4.98 Å². The van der Waals surface area contributed by atoms with Gasteiger partial charge in [-0.05, 0) is 0 Å². The number of aromatic amines is 1. The van der Waals surface area contributed by atoms with Gasteiger partial charge in [0.25, 0.3) is 0 Å². The van der Waals surface area contributed by atoms with E-state index in [0.717, 1.165) is 38.5 Å². The number of ether oxygens (including phenoxy) is 1. The molecule has 2 N–H and O–H groups in total. The Balaban J connectivity index is 0.000000146. The minimum absolute atomic E-state index is 0.826. The highest BCUT2D eigenvalue weighted by atomic mass is 16.5. The van der Waals surface area contributed by atoms with Gasteiger partial charge in [-0.15, -0.1) is 6.58 Å². The van der Waals surface area contributed by atoms with Gasteiger partial charge in [0.1, 0.15) is 5.82 Å². The molecule has 0 aromatic carbocycles. The number of nitrogens with zero attached hydrogens (tertiary/aromatic N) is 1. The van der Waals surface area contributed by atoms with Crippen molar-refractivity contribution in [2.75, 3.05) is 26.3 Å². The zero-order chi connectivity index (χ0) is 10.1. The summed E-state index contributed by atoms with van der Waals surface area (Å²) in [6.07, 6.45) is 6.18. The number of hydrogen-bond acceptors (Lipinski definition) is 3. The van der Waals surface area contributed by atoms with Crippen LogP contribution < -0.4 is 5.32 Å². The molecule has 0 unspecified atom stereocenters. The van der Waals surface area contributed by atoms with Crippen LogP contribution in [0.3, 0.4) is 0 Å². The zero-order valence-electron chi connectivity index (χ0n) is 8.33. The predicted molar refractivity (Wildman–Crippen MR) is 56.2 cm³/mol. The van der Waals surface area contributed by atoms with Crippen molar-refractivity contribution < 1.29 is 4.74 Å². The van der Waals surface area contributed by atoms with E-state index in [0.29, 0.717) is 0 Å². The summed E-state index contributed by atoms with van der Waals surface area (Å²) in [4.78, 5) is 6.93. The Labute approximate surface area is 84.4 Å². The molecule has 0 atom stereocenters. The van der Waals surface area contributed by atoms with E-state index >= 15 is 0 Å². The third-order valence-corrected chi connectivity index (χ3v) is 1.74. The fourth-order valence-corrected chi connectivity index (χ4v) is 1.06. The van der Waals surface area contributed by atoms with E-state index < -0.39 is 0 Å². The van der Waals surface area contributed by atoms with E-state index in [-0.39, 0.29) is 0 Å². The van der Waals surface area contributed by atoms with E-state index in [1.807, 2.05) is 6.08 Å². The lowest BCUT2D eigenvalue weighted by molar-refractivity contribution is 0.109. The molecular weight excluding hydrogens is 178 g/mol. The Hall–Kier alpha value is -1.13. The minimum Gasteiger partial charge on any atom is -0.379 e. The molecule has 78 valence electrons. The van der Waals surface area contributed by atoms with Gasteiger partial charge in [-0.2, -0.15) is 0 Å². The summed E-state index contributed by atoms with van der Waals surface area (Å²) in [6.45, 7) is 7.41. The van der Waals surface area contributed by atoms with Crippen molar-refractivity contribution in [2.24, 2.45) is 0 Å². The zero-order valence-corrected chi connectivity index (χ0v) is 8.33. The second kappa shape index (κ2) is 7.29. The average molecular weight is 195 g/mol. The Bertz CT molecular complexity index is 218. The number of rotatable bonds is 2. The van der Waals surface area contributed by atoms with E-state index in [2.05, 4.69) is 21.9 Å². The maximum absolute atomic E-state index is 5.01. The lowest BCUT2D eigenvalue weighted by atomic mass is 10.4. The number of aromatic nitrogens is 2. The highest BCUT2D eigenvalue weighted by Gasteiger charge is 1.92. The maximum atomic E-state index is 5.01. The third kappa shape index (κ3) is 4.79. The molecular formula is C10H17N3O. The van der Waals surface area contributed by atoms with E-state index in [9.17, 15) is 0 Å². The molecule has 4 nitrogen and oxygen atoms in total. The van der Waals surface area contributed by atoms with Crippen molar-refractivity contribution in [3.8, 4) is 0 Å². The highest BCUT2D eigenvalue weighted by molar-refractivity contribution is 4.92. The normalized spacial score (nSPS) is 15.4. The number of imidazole rings is 1. The molecule has 0 saturated carbocycles. The number of morpholine rings is 1.